The molecular weight excluding hydrogens is 918 g/mol. The van der Waals surface area contributed by atoms with Crippen molar-refractivity contribution in [2.45, 2.75) is 0 Å². The molecule has 3 heterocycles. The Morgan fingerprint density at radius 2 is 0.370 bits per heavy atom. The third kappa shape index (κ3) is 9.77. The molecule has 73 heavy (non-hydrogen) atoms. The average molecular weight is 959 g/mol. The monoisotopic (exact) mass is 957 g/mol. The second kappa shape index (κ2) is 20.0. The highest BCUT2D eigenvalue weighted by Gasteiger charge is 2.19. The molecule has 9 nitrogen and oxygen atoms in total. The van der Waals surface area contributed by atoms with Gasteiger partial charge in [-0.15, -0.1) is 0 Å². The van der Waals surface area contributed by atoms with Crippen molar-refractivity contribution >= 4 is 11.6 Å². The molecule has 0 aliphatic rings. The first-order valence-electron chi connectivity index (χ1n) is 23.7. The number of hydrogen-bond acceptors (Lipinski definition) is 9. The van der Waals surface area contributed by atoms with Crippen LogP contribution >= 0.6 is 11.6 Å². The van der Waals surface area contributed by atoms with Crippen LogP contribution in [0.4, 0.5) is 0 Å². The lowest BCUT2D eigenvalue weighted by molar-refractivity contribution is 1.00. The van der Waals surface area contributed by atoms with Gasteiger partial charge in [-0.25, -0.2) is 34.9 Å². The maximum atomic E-state index is 6.55. The molecule has 0 bridgehead atoms. The summed E-state index contributed by atoms with van der Waals surface area (Å²) in [5.74, 6) is 3.55. The van der Waals surface area contributed by atoms with Gasteiger partial charge in [-0.1, -0.05) is 237 Å². The normalized spacial score (nSPS) is 11.1. The molecule has 0 aliphatic carbocycles. The van der Waals surface area contributed by atoms with Crippen LogP contribution in [0.1, 0.15) is 0 Å². The molecule has 10 heteroatoms. The fourth-order valence-corrected chi connectivity index (χ4v) is 8.80. The molecule has 0 spiro atoms. The maximum absolute atomic E-state index is 6.55. The minimum atomic E-state index is 0.118. The molecule has 12 rings (SSSR count). The minimum Gasteiger partial charge on any atom is -0.208 e. The van der Waals surface area contributed by atoms with Crippen LogP contribution in [0.2, 0.25) is 5.28 Å². The summed E-state index contributed by atoms with van der Waals surface area (Å²) in [6, 6.07) is 81.5. The quantitative estimate of drug-likeness (QED) is 0.125. The molecule has 0 unspecified atom stereocenters. The van der Waals surface area contributed by atoms with Crippen LogP contribution < -0.4 is 0 Å². The van der Waals surface area contributed by atoms with E-state index in [0.29, 0.717) is 46.6 Å². The van der Waals surface area contributed by atoms with Crippen molar-refractivity contribution in [1.82, 2.24) is 44.9 Å². The molecule has 0 saturated heterocycles. The predicted octanol–water partition coefficient (Wildman–Crippen LogP) is 15.2. The van der Waals surface area contributed by atoms with Gasteiger partial charge in [0, 0.05) is 33.4 Å². The first kappa shape index (κ1) is 44.5. The summed E-state index contributed by atoms with van der Waals surface area (Å²) in [5.41, 5.74) is 13.5. The second-order valence-corrected chi connectivity index (χ2v) is 17.6. The van der Waals surface area contributed by atoms with Crippen molar-refractivity contribution in [3.63, 3.8) is 0 Å². The van der Waals surface area contributed by atoms with Crippen molar-refractivity contribution in [2.75, 3.05) is 0 Å². The molecule has 12 aromatic rings. The highest BCUT2D eigenvalue weighted by molar-refractivity contribution is 6.28. The Kier molecular flexibility index (Phi) is 12.2. The summed E-state index contributed by atoms with van der Waals surface area (Å²) in [6.07, 6.45) is 0. The van der Waals surface area contributed by atoms with E-state index in [0.717, 1.165) is 77.9 Å². The van der Waals surface area contributed by atoms with Crippen molar-refractivity contribution < 1.29 is 0 Å². The van der Waals surface area contributed by atoms with Crippen LogP contribution in [0.25, 0.3) is 124 Å². The summed E-state index contributed by atoms with van der Waals surface area (Å²) < 4.78 is 0. The first-order chi connectivity index (χ1) is 36.0. The number of hydrogen-bond donors (Lipinski definition) is 0. The zero-order chi connectivity index (χ0) is 48.9. The number of halogens is 1. The molecule has 0 aliphatic heterocycles. The predicted molar refractivity (Wildman–Crippen MR) is 291 cm³/mol. The number of aromatic nitrogens is 9. The summed E-state index contributed by atoms with van der Waals surface area (Å²) in [7, 11) is 0. The van der Waals surface area contributed by atoms with E-state index in [1.54, 1.807) is 0 Å². The third-order valence-corrected chi connectivity index (χ3v) is 12.6. The van der Waals surface area contributed by atoms with E-state index in [1.807, 2.05) is 146 Å². The van der Waals surface area contributed by atoms with Crippen molar-refractivity contribution in [2.24, 2.45) is 0 Å². The van der Waals surface area contributed by atoms with Gasteiger partial charge in [0.15, 0.2) is 34.9 Å². The Morgan fingerprint density at radius 3 is 0.712 bits per heavy atom. The van der Waals surface area contributed by atoms with Gasteiger partial charge in [0.25, 0.3) is 0 Å². The smallest absolute Gasteiger partial charge is 0.208 e. The fraction of sp³-hybridized carbons (Fsp3) is 0. The number of nitrogens with zero attached hydrogens (tertiary/aromatic N) is 9. The SMILES string of the molecule is Clc1nc(-c2ccc(-c3ccccc3)cc2)nc(-c2cccc(-c3ccc(-c4nc(-c5ccc(-c6ccccc6)cc5)nc(-c5nc(-c6ccccc6)nc(-c6ccc(-c7ccccc7)cc6)n5)n4)cc3)c2)n1. The van der Waals surface area contributed by atoms with Gasteiger partial charge in [-0.2, -0.15) is 9.97 Å². The maximum Gasteiger partial charge on any atom is 0.226 e. The highest BCUT2D eigenvalue weighted by Crippen LogP contribution is 2.33. The van der Waals surface area contributed by atoms with E-state index in [4.69, 9.17) is 46.5 Å². The Morgan fingerprint density at radius 1 is 0.164 bits per heavy atom. The fourth-order valence-electron chi connectivity index (χ4n) is 8.64. The van der Waals surface area contributed by atoms with E-state index >= 15 is 0 Å². The van der Waals surface area contributed by atoms with Gasteiger partial charge in [0.2, 0.25) is 16.9 Å². The van der Waals surface area contributed by atoms with E-state index in [2.05, 4.69) is 107 Å². The van der Waals surface area contributed by atoms with Gasteiger partial charge in [0.05, 0.1) is 0 Å². The molecule has 0 fully saturated rings. The largest absolute Gasteiger partial charge is 0.226 e. The van der Waals surface area contributed by atoms with Crippen LogP contribution in [0.3, 0.4) is 0 Å². The summed E-state index contributed by atoms with van der Waals surface area (Å²) >= 11 is 6.55. The van der Waals surface area contributed by atoms with Crippen LogP contribution in [-0.4, -0.2) is 44.9 Å². The first-order valence-corrected chi connectivity index (χ1v) is 24.1. The summed E-state index contributed by atoms with van der Waals surface area (Å²) in [5, 5.41) is 0.118. The molecule has 0 radical (unpaired) electrons. The van der Waals surface area contributed by atoms with Gasteiger partial charge < -0.3 is 0 Å². The Balaban J connectivity index is 0.905. The molecule has 0 amide bonds. The Labute approximate surface area is 426 Å². The van der Waals surface area contributed by atoms with Crippen molar-refractivity contribution in [1.29, 1.82) is 0 Å². The van der Waals surface area contributed by atoms with Crippen LogP contribution in [0, 0.1) is 0 Å². The van der Waals surface area contributed by atoms with Crippen molar-refractivity contribution in [3.05, 3.63) is 248 Å². The van der Waals surface area contributed by atoms with Gasteiger partial charge in [-0.3, -0.25) is 0 Å². The Bertz CT molecular complexity index is 3860. The van der Waals surface area contributed by atoms with Crippen LogP contribution in [0.5, 0.6) is 0 Å². The Hall–Kier alpha value is -9.70. The van der Waals surface area contributed by atoms with E-state index in [-0.39, 0.29) is 5.28 Å². The molecule has 344 valence electrons. The topological polar surface area (TPSA) is 116 Å². The van der Waals surface area contributed by atoms with Gasteiger partial charge >= 0.3 is 0 Å². The lowest BCUT2D eigenvalue weighted by atomic mass is 10.0. The molecule has 9 aromatic carbocycles. The van der Waals surface area contributed by atoms with E-state index < -0.39 is 0 Å². The van der Waals surface area contributed by atoms with E-state index in [9.17, 15) is 0 Å². The number of rotatable bonds is 11. The lowest BCUT2D eigenvalue weighted by Crippen LogP contribution is -2.05. The molecule has 3 aromatic heterocycles. The minimum absolute atomic E-state index is 0.118. The number of benzene rings is 9. The van der Waals surface area contributed by atoms with Gasteiger partial charge in [0.1, 0.15) is 0 Å². The second-order valence-electron chi connectivity index (χ2n) is 17.2. The van der Waals surface area contributed by atoms with Gasteiger partial charge in [-0.05, 0) is 62.2 Å². The zero-order valence-corrected chi connectivity index (χ0v) is 39.8. The van der Waals surface area contributed by atoms with Crippen molar-refractivity contribution in [3.8, 4) is 124 Å². The molecule has 0 N–H and O–H groups in total. The van der Waals surface area contributed by atoms with Crippen LogP contribution in [0.15, 0.2) is 243 Å². The lowest BCUT2D eigenvalue weighted by Gasteiger charge is -2.11. The zero-order valence-electron chi connectivity index (χ0n) is 39.0. The molecule has 0 atom stereocenters. The summed E-state index contributed by atoms with van der Waals surface area (Å²) in [6.45, 7) is 0. The molecule has 0 saturated carbocycles. The third-order valence-electron chi connectivity index (χ3n) is 12.5. The average Bonchev–Trinajstić information content (AvgIpc) is 3.48. The van der Waals surface area contributed by atoms with E-state index in [1.165, 1.54) is 0 Å². The summed E-state index contributed by atoms with van der Waals surface area (Å²) in [4.78, 5) is 44.2. The standard InChI is InChI=1S/C63H40ClN9/c64-63-72-59(52-36-28-46(29-37-52)43-18-9-3-10-19-43)67-60(73-63)54-23-13-22-53(40-54)47-30-38-51(39-31-47)58-66-57(50-34-26-45(27-35-50)42-16-7-2-8-17-42)70-62(71-58)61-68-55(48-20-11-4-12-21-48)65-56(69-61)49-32-24-44(25-33-49)41-14-5-1-6-15-41/h1-40H. The highest BCUT2D eigenvalue weighted by atomic mass is 35.5. The molecular formula is C63H40ClN9. The van der Waals surface area contributed by atoms with Crippen LogP contribution in [-0.2, 0) is 0 Å².